The van der Waals surface area contributed by atoms with Crippen molar-refractivity contribution in [2.24, 2.45) is 7.05 Å². The van der Waals surface area contributed by atoms with E-state index >= 15 is 0 Å². The Balaban J connectivity index is 1.93. The van der Waals surface area contributed by atoms with E-state index in [0.717, 1.165) is 12.2 Å². The number of aromatic nitrogens is 3. The number of imidazole rings is 1. The van der Waals surface area contributed by atoms with Gasteiger partial charge in [0.05, 0.1) is 7.11 Å². The van der Waals surface area contributed by atoms with Crippen LogP contribution in [0.4, 0.5) is 5.13 Å². The molecule has 0 saturated carbocycles. The molecular formula is C11H13ClN4O2S. The van der Waals surface area contributed by atoms with Crippen LogP contribution < -0.4 is 5.32 Å². The second-order valence-electron chi connectivity index (χ2n) is 3.76. The number of esters is 1. The minimum Gasteiger partial charge on any atom is -0.465 e. The Morgan fingerprint density at radius 2 is 2.42 bits per heavy atom. The van der Waals surface area contributed by atoms with E-state index < -0.39 is 5.97 Å². The van der Waals surface area contributed by atoms with Gasteiger partial charge in [0.2, 0.25) is 0 Å². The molecule has 0 radical (unpaired) electrons. The van der Waals surface area contributed by atoms with Crippen molar-refractivity contribution in [3.8, 4) is 0 Å². The zero-order chi connectivity index (χ0) is 13.8. The summed E-state index contributed by atoms with van der Waals surface area (Å²) in [6.07, 6.45) is 4.41. The molecule has 0 aromatic carbocycles. The fourth-order valence-electron chi connectivity index (χ4n) is 1.51. The maximum absolute atomic E-state index is 11.4. The van der Waals surface area contributed by atoms with Crippen LogP contribution in [0.25, 0.3) is 0 Å². The third-order valence-corrected chi connectivity index (χ3v) is 3.88. The molecule has 6 nitrogen and oxygen atoms in total. The van der Waals surface area contributed by atoms with Crippen molar-refractivity contribution in [2.45, 2.75) is 6.42 Å². The number of thiazole rings is 1. The first-order valence-corrected chi connectivity index (χ1v) is 6.76. The predicted octanol–water partition coefficient (Wildman–Crippen LogP) is 1.97. The van der Waals surface area contributed by atoms with Crippen LogP contribution >= 0.6 is 22.9 Å². The topological polar surface area (TPSA) is 69.0 Å². The highest BCUT2D eigenvalue weighted by Gasteiger charge is 2.17. The SMILES string of the molecule is COC(=O)c1sc(NCCc2nccn2C)nc1Cl. The highest BCUT2D eigenvalue weighted by atomic mass is 35.5. The number of carbonyl (C=O) groups excluding carboxylic acids is 1. The second-order valence-corrected chi connectivity index (χ2v) is 5.12. The molecule has 2 aromatic rings. The van der Waals surface area contributed by atoms with Crippen molar-refractivity contribution in [1.82, 2.24) is 14.5 Å². The lowest BCUT2D eigenvalue weighted by Gasteiger charge is -2.02. The van der Waals surface area contributed by atoms with Gasteiger partial charge in [-0.25, -0.2) is 14.8 Å². The average Bonchev–Trinajstić information content (AvgIpc) is 2.96. The molecule has 0 amide bonds. The second kappa shape index (κ2) is 6.03. The first-order chi connectivity index (χ1) is 9.11. The van der Waals surface area contributed by atoms with E-state index in [9.17, 15) is 4.79 Å². The monoisotopic (exact) mass is 300 g/mol. The Bertz CT molecular complexity index is 581. The van der Waals surface area contributed by atoms with Gasteiger partial charge in [-0.05, 0) is 0 Å². The summed E-state index contributed by atoms with van der Waals surface area (Å²) >= 11 is 7.04. The van der Waals surface area contributed by atoms with Crippen molar-refractivity contribution in [3.63, 3.8) is 0 Å². The standard InChI is InChI=1S/C11H13ClN4O2S/c1-16-6-5-13-7(16)3-4-14-11-15-9(12)8(19-11)10(17)18-2/h5-6H,3-4H2,1-2H3,(H,14,15). The highest BCUT2D eigenvalue weighted by molar-refractivity contribution is 7.18. The van der Waals surface area contributed by atoms with Crippen LogP contribution in [0.3, 0.4) is 0 Å². The molecule has 102 valence electrons. The summed E-state index contributed by atoms with van der Waals surface area (Å²) in [6, 6.07) is 0. The fraction of sp³-hybridized carbons (Fsp3) is 0.364. The molecule has 0 unspecified atom stereocenters. The van der Waals surface area contributed by atoms with Crippen LogP contribution in [0.5, 0.6) is 0 Å². The Hall–Kier alpha value is -1.60. The maximum atomic E-state index is 11.4. The molecule has 0 aliphatic rings. The first kappa shape index (κ1) is 13.8. The van der Waals surface area contributed by atoms with E-state index in [1.54, 1.807) is 6.20 Å². The van der Waals surface area contributed by atoms with Gasteiger partial charge in [-0.3, -0.25) is 0 Å². The molecule has 1 N–H and O–H groups in total. The number of ether oxygens (including phenoxy) is 1. The van der Waals surface area contributed by atoms with Gasteiger partial charge in [-0.2, -0.15) is 0 Å². The zero-order valence-corrected chi connectivity index (χ0v) is 12.1. The number of rotatable bonds is 5. The number of carbonyl (C=O) groups is 1. The van der Waals surface area contributed by atoms with Gasteiger partial charge in [-0.1, -0.05) is 22.9 Å². The largest absolute Gasteiger partial charge is 0.465 e. The average molecular weight is 301 g/mol. The summed E-state index contributed by atoms with van der Waals surface area (Å²) in [4.78, 5) is 20.0. The number of nitrogens with one attached hydrogen (secondary N) is 1. The van der Waals surface area contributed by atoms with Crippen LogP contribution in [0.2, 0.25) is 5.15 Å². The van der Waals surface area contributed by atoms with Crippen molar-refractivity contribution in [1.29, 1.82) is 0 Å². The van der Waals surface area contributed by atoms with E-state index in [1.165, 1.54) is 18.4 Å². The smallest absolute Gasteiger partial charge is 0.351 e. The van der Waals surface area contributed by atoms with Crippen LogP contribution in [0.1, 0.15) is 15.5 Å². The third kappa shape index (κ3) is 3.24. The van der Waals surface area contributed by atoms with E-state index in [4.69, 9.17) is 11.6 Å². The lowest BCUT2D eigenvalue weighted by Crippen LogP contribution is -2.08. The van der Waals surface area contributed by atoms with Crippen LogP contribution in [-0.4, -0.2) is 34.2 Å². The fourth-order valence-corrected chi connectivity index (χ4v) is 2.64. The van der Waals surface area contributed by atoms with Gasteiger partial charge in [0, 0.05) is 32.4 Å². The molecule has 0 aliphatic heterocycles. The van der Waals surface area contributed by atoms with Gasteiger partial charge in [-0.15, -0.1) is 0 Å². The summed E-state index contributed by atoms with van der Waals surface area (Å²) in [5, 5.41) is 3.87. The van der Waals surface area contributed by atoms with Crippen LogP contribution in [0.15, 0.2) is 12.4 Å². The van der Waals surface area contributed by atoms with Crippen LogP contribution in [-0.2, 0) is 18.2 Å². The molecule has 0 spiro atoms. The van der Waals surface area contributed by atoms with Gasteiger partial charge < -0.3 is 14.6 Å². The lowest BCUT2D eigenvalue weighted by molar-refractivity contribution is 0.0606. The first-order valence-electron chi connectivity index (χ1n) is 5.56. The van der Waals surface area contributed by atoms with Crippen molar-refractivity contribution in [3.05, 3.63) is 28.2 Å². The number of aryl methyl sites for hydroxylation is 1. The van der Waals surface area contributed by atoms with Gasteiger partial charge >= 0.3 is 5.97 Å². The molecule has 19 heavy (non-hydrogen) atoms. The maximum Gasteiger partial charge on any atom is 0.351 e. The van der Waals surface area contributed by atoms with Crippen molar-refractivity contribution >= 4 is 34.0 Å². The predicted molar refractivity (Wildman–Crippen MR) is 73.9 cm³/mol. The minimum atomic E-state index is -0.473. The number of hydrogen-bond donors (Lipinski definition) is 1. The number of anilines is 1. The van der Waals surface area contributed by atoms with Gasteiger partial charge in [0.15, 0.2) is 15.2 Å². The van der Waals surface area contributed by atoms with Crippen LogP contribution in [0, 0.1) is 0 Å². The number of methoxy groups -OCH3 is 1. The zero-order valence-electron chi connectivity index (χ0n) is 10.5. The Morgan fingerprint density at radius 1 is 1.63 bits per heavy atom. The molecule has 0 bridgehead atoms. The highest BCUT2D eigenvalue weighted by Crippen LogP contribution is 2.27. The molecule has 2 rings (SSSR count). The molecule has 8 heteroatoms. The molecule has 0 aliphatic carbocycles. The molecule has 0 fully saturated rings. The molecule has 2 aromatic heterocycles. The number of halogens is 1. The number of hydrogen-bond acceptors (Lipinski definition) is 6. The van der Waals surface area contributed by atoms with Crippen molar-refractivity contribution in [2.75, 3.05) is 19.0 Å². The van der Waals surface area contributed by atoms with E-state index in [-0.39, 0.29) is 5.15 Å². The van der Waals surface area contributed by atoms with E-state index in [2.05, 4.69) is 20.0 Å². The minimum absolute atomic E-state index is 0.163. The summed E-state index contributed by atoms with van der Waals surface area (Å²) in [7, 11) is 3.25. The molecule has 2 heterocycles. The third-order valence-electron chi connectivity index (χ3n) is 2.50. The van der Waals surface area contributed by atoms with Gasteiger partial charge in [0.25, 0.3) is 0 Å². The summed E-state index contributed by atoms with van der Waals surface area (Å²) < 4.78 is 6.57. The Morgan fingerprint density at radius 3 is 3.05 bits per heavy atom. The molecular weight excluding hydrogens is 288 g/mol. The quantitative estimate of drug-likeness (QED) is 0.855. The lowest BCUT2D eigenvalue weighted by atomic mass is 10.4. The van der Waals surface area contributed by atoms with E-state index in [1.807, 2.05) is 17.8 Å². The Labute approximate surface area is 119 Å². The van der Waals surface area contributed by atoms with E-state index in [0.29, 0.717) is 16.6 Å². The summed E-state index contributed by atoms with van der Waals surface area (Å²) in [6.45, 7) is 0.662. The Kier molecular flexibility index (Phi) is 4.39. The molecule has 0 atom stereocenters. The normalized spacial score (nSPS) is 10.5. The summed E-state index contributed by atoms with van der Waals surface area (Å²) in [5.74, 6) is 0.503. The summed E-state index contributed by atoms with van der Waals surface area (Å²) in [5.41, 5.74) is 0. The van der Waals surface area contributed by atoms with Gasteiger partial charge in [0.1, 0.15) is 5.82 Å². The van der Waals surface area contributed by atoms with Crippen molar-refractivity contribution < 1.29 is 9.53 Å². The molecule has 0 saturated heterocycles. The number of nitrogens with zero attached hydrogens (tertiary/aromatic N) is 3.